The maximum absolute atomic E-state index is 13.4. The van der Waals surface area contributed by atoms with Crippen LogP contribution < -0.4 is 11.1 Å². The van der Waals surface area contributed by atoms with Gasteiger partial charge in [0.1, 0.15) is 11.1 Å². The van der Waals surface area contributed by atoms with E-state index in [9.17, 15) is 14.9 Å². The predicted molar refractivity (Wildman–Crippen MR) is 123 cm³/mol. The molecule has 3 amide bonds. The smallest absolute Gasteiger partial charge is 0.324 e. The van der Waals surface area contributed by atoms with E-state index in [0.29, 0.717) is 36.2 Å². The van der Waals surface area contributed by atoms with Crippen molar-refractivity contribution in [3.05, 3.63) is 16.0 Å². The van der Waals surface area contributed by atoms with Crippen LogP contribution in [0.5, 0.6) is 0 Å². The number of nitrogens with two attached hydrogens (primary N) is 1. The summed E-state index contributed by atoms with van der Waals surface area (Å²) in [4.78, 5) is 33.0. The molecule has 170 valence electrons. The highest BCUT2D eigenvalue weighted by molar-refractivity contribution is 7.16. The van der Waals surface area contributed by atoms with Gasteiger partial charge in [0.25, 0.3) is 0 Å². The number of urea groups is 1. The van der Waals surface area contributed by atoms with Gasteiger partial charge in [-0.15, -0.1) is 11.3 Å². The van der Waals surface area contributed by atoms with Crippen LogP contribution in [0.15, 0.2) is 0 Å². The number of amides is 3. The molecule has 0 spiro atoms. The summed E-state index contributed by atoms with van der Waals surface area (Å²) >= 11 is 1.53. The third-order valence-corrected chi connectivity index (χ3v) is 7.52. The van der Waals surface area contributed by atoms with Crippen molar-refractivity contribution in [1.29, 1.82) is 5.26 Å². The number of nitriles is 1. The van der Waals surface area contributed by atoms with Crippen LogP contribution in [-0.4, -0.2) is 80.0 Å². The molecule has 0 saturated carbocycles. The zero-order valence-corrected chi connectivity index (χ0v) is 19.8. The van der Waals surface area contributed by atoms with E-state index in [1.807, 2.05) is 25.9 Å². The molecule has 1 aromatic rings. The first-order valence-corrected chi connectivity index (χ1v) is 11.8. The predicted octanol–water partition coefficient (Wildman–Crippen LogP) is 1.75. The molecule has 1 fully saturated rings. The fraction of sp³-hybridized carbons (Fsp3) is 0.682. The van der Waals surface area contributed by atoms with Crippen LogP contribution in [0.25, 0.3) is 0 Å². The SMILES string of the molecule is CCCN(C(=O)NCCN(C)C)C(=O)[C@@H]1C[C@@H]2Cc3c(sc(N)c3C#N)C[C@H]2N(C)C1. The van der Waals surface area contributed by atoms with Crippen LogP contribution in [0.3, 0.4) is 0 Å². The first kappa shape index (κ1) is 23.5. The fourth-order valence-corrected chi connectivity index (χ4v) is 5.99. The quantitative estimate of drug-likeness (QED) is 0.690. The van der Waals surface area contributed by atoms with Crippen LogP contribution in [0, 0.1) is 23.2 Å². The lowest BCUT2D eigenvalue weighted by Crippen LogP contribution is -2.55. The molecule has 0 aromatic carbocycles. The average Bonchev–Trinajstić information content (AvgIpc) is 3.03. The minimum absolute atomic E-state index is 0.0920. The van der Waals surface area contributed by atoms with Gasteiger partial charge in [0.15, 0.2) is 0 Å². The number of carbonyl (C=O) groups is 2. The van der Waals surface area contributed by atoms with E-state index in [-0.39, 0.29) is 23.8 Å². The largest absolute Gasteiger partial charge is 0.389 e. The minimum atomic E-state index is -0.304. The van der Waals surface area contributed by atoms with Crippen LogP contribution in [0.2, 0.25) is 0 Å². The fourth-order valence-electron chi connectivity index (χ4n) is 4.89. The molecule has 3 atom stereocenters. The van der Waals surface area contributed by atoms with Gasteiger partial charge in [-0.2, -0.15) is 5.26 Å². The molecule has 9 heteroatoms. The number of nitrogens with one attached hydrogen (secondary N) is 1. The lowest BCUT2D eigenvalue weighted by Gasteiger charge is -2.45. The van der Waals surface area contributed by atoms with Crippen molar-refractivity contribution >= 4 is 28.3 Å². The number of nitrogen functional groups attached to an aromatic ring is 1. The number of anilines is 1. The topological polar surface area (TPSA) is 106 Å². The van der Waals surface area contributed by atoms with Crippen molar-refractivity contribution in [2.75, 3.05) is 53.1 Å². The number of nitrogens with zero attached hydrogens (tertiary/aromatic N) is 4. The second kappa shape index (κ2) is 9.98. The summed E-state index contributed by atoms with van der Waals surface area (Å²) in [6.45, 7) is 4.28. The molecule has 1 aromatic heterocycles. The number of hydrogen-bond donors (Lipinski definition) is 2. The van der Waals surface area contributed by atoms with Gasteiger partial charge in [-0.3, -0.25) is 9.69 Å². The number of piperidine rings is 1. The molecule has 8 nitrogen and oxygen atoms in total. The van der Waals surface area contributed by atoms with Crippen LogP contribution in [-0.2, 0) is 17.6 Å². The van der Waals surface area contributed by atoms with Crippen molar-refractivity contribution in [2.45, 2.75) is 38.6 Å². The highest BCUT2D eigenvalue weighted by atomic mass is 32.1. The van der Waals surface area contributed by atoms with E-state index in [4.69, 9.17) is 5.73 Å². The highest BCUT2D eigenvalue weighted by Gasteiger charge is 2.43. The number of likely N-dealkylation sites (N-methyl/N-ethyl adjacent to an activating group) is 2. The van der Waals surface area contributed by atoms with Gasteiger partial charge >= 0.3 is 6.03 Å². The van der Waals surface area contributed by atoms with E-state index in [1.54, 1.807) is 0 Å². The molecule has 1 aliphatic carbocycles. The van der Waals surface area contributed by atoms with Gasteiger partial charge in [0.05, 0.1) is 11.5 Å². The van der Waals surface area contributed by atoms with E-state index < -0.39 is 0 Å². The molecular weight excluding hydrogens is 412 g/mol. The van der Waals surface area contributed by atoms with E-state index in [1.165, 1.54) is 21.1 Å². The summed E-state index contributed by atoms with van der Waals surface area (Å²) < 4.78 is 0. The second-order valence-corrected chi connectivity index (χ2v) is 10.1. The molecule has 2 aliphatic rings. The Bertz CT molecular complexity index is 861. The van der Waals surface area contributed by atoms with Crippen molar-refractivity contribution < 1.29 is 9.59 Å². The molecule has 31 heavy (non-hydrogen) atoms. The molecular formula is C22H34N6O2S. The maximum atomic E-state index is 13.4. The Kier molecular flexibility index (Phi) is 7.57. The molecule has 0 radical (unpaired) electrons. The summed E-state index contributed by atoms with van der Waals surface area (Å²) in [6.07, 6.45) is 3.11. The first-order valence-electron chi connectivity index (χ1n) is 11.0. The van der Waals surface area contributed by atoms with E-state index >= 15 is 0 Å². The summed E-state index contributed by atoms with van der Waals surface area (Å²) in [5, 5.41) is 13.0. The van der Waals surface area contributed by atoms with Gasteiger partial charge in [-0.1, -0.05) is 6.92 Å². The van der Waals surface area contributed by atoms with Gasteiger partial charge in [0.2, 0.25) is 5.91 Å². The molecule has 3 rings (SSSR count). The number of rotatable bonds is 6. The summed E-state index contributed by atoms with van der Waals surface area (Å²) in [5.74, 6) is -0.0346. The number of likely N-dealkylation sites (tertiary alicyclic amines) is 1. The third kappa shape index (κ3) is 5.03. The van der Waals surface area contributed by atoms with Crippen molar-refractivity contribution in [3.63, 3.8) is 0 Å². The van der Waals surface area contributed by atoms with Crippen molar-refractivity contribution in [1.82, 2.24) is 20.0 Å². The zero-order valence-electron chi connectivity index (χ0n) is 19.0. The molecule has 3 N–H and O–H groups in total. The number of hydrogen-bond acceptors (Lipinski definition) is 7. The van der Waals surface area contributed by atoms with Crippen LogP contribution in [0.1, 0.15) is 35.8 Å². The number of thiophene rings is 1. The minimum Gasteiger partial charge on any atom is -0.389 e. The Hall–Kier alpha value is -2.15. The van der Waals surface area contributed by atoms with E-state index in [0.717, 1.165) is 37.8 Å². The average molecular weight is 447 g/mol. The molecule has 1 saturated heterocycles. The number of fused-ring (bicyclic) bond motifs is 2. The number of imide groups is 1. The summed E-state index contributed by atoms with van der Waals surface area (Å²) in [5.41, 5.74) is 7.75. The first-order chi connectivity index (χ1) is 14.8. The van der Waals surface area contributed by atoms with Crippen molar-refractivity contribution in [2.24, 2.45) is 11.8 Å². The standard InChI is InChI=1S/C22H34N6O2S/c1-5-7-28(22(30)25-6-8-26(2)3)21(29)15-9-14-10-16-17(12-23)20(24)31-19(16)11-18(14)27(4)13-15/h14-15,18H,5-11,13,24H2,1-4H3,(H,25,30)/t14-,15-,18-/m1/s1. The highest BCUT2D eigenvalue weighted by Crippen LogP contribution is 2.42. The monoisotopic (exact) mass is 446 g/mol. The van der Waals surface area contributed by atoms with Gasteiger partial charge < -0.3 is 20.9 Å². The zero-order chi connectivity index (χ0) is 22.7. The normalized spacial score (nSPS) is 23.0. The van der Waals surface area contributed by atoms with Gasteiger partial charge in [-0.25, -0.2) is 4.79 Å². The summed E-state index contributed by atoms with van der Waals surface area (Å²) in [7, 11) is 5.96. The Morgan fingerprint density at radius 3 is 2.71 bits per heavy atom. The van der Waals surface area contributed by atoms with Crippen molar-refractivity contribution in [3.8, 4) is 6.07 Å². The summed E-state index contributed by atoms with van der Waals surface area (Å²) in [6, 6.07) is 2.30. The lowest BCUT2D eigenvalue weighted by molar-refractivity contribution is -0.136. The Balaban J connectivity index is 1.72. The molecule has 2 heterocycles. The Labute approximate surface area is 189 Å². The van der Waals surface area contributed by atoms with Gasteiger partial charge in [-0.05, 0) is 58.3 Å². The number of carbonyl (C=O) groups excluding carboxylic acids is 2. The molecule has 0 bridgehead atoms. The maximum Gasteiger partial charge on any atom is 0.324 e. The lowest BCUT2D eigenvalue weighted by atomic mass is 9.74. The van der Waals surface area contributed by atoms with E-state index in [2.05, 4.69) is 23.3 Å². The molecule has 1 aliphatic heterocycles. The van der Waals surface area contributed by atoms with Crippen LogP contribution in [0.4, 0.5) is 9.80 Å². The third-order valence-electron chi connectivity index (χ3n) is 6.44. The second-order valence-electron chi connectivity index (χ2n) is 8.99. The van der Waals surface area contributed by atoms with Gasteiger partial charge in [0, 0.05) is 37.1 Å². The molecule has 0 unspecified atom stereocenters. The Morgan fingerprint density at radius 1 is 1.32 bits per heavy atom. The van der Waals surface area contributed by atoms with Crippen LogP contribution >= 0.6 is 11.3 Å². The Morgan fingerprint density at radius 2 is 2.06 bits per heavy atom.